The van der Waals surface area contributed by atoms with Crippen molar-refractivity contribution in [3.05, 3.63) is 59.7 Å². The monoisotopic (exact) mass is 397 g/mol. The Hall–Kier alpha value is -2.57. The Morgan fingerprint density at radius 3 is 2.59 bits per heavy atom. The number of nitrogens with zero attached hydrogens (tertiary/aromatic N) is 1. The summed E-state index contributed by atoms with van der Waals surface area (Å²) in [7, 11) is 1.69. The molecule has 0 saturated carbocycles. The second kappa shape index (κ2) is 10.8. The summed E-state index contributed by atoms with van der Waals surface area (Å²) in [4.78, 5) is 15.0. The van der Waals surface area contributed by atoms with Gasteiger partial charge >= 0.3 is 6.03 Å². The van der Waals surface area contributed by atoms with Crippen molar-refractivity contribution in [2.45, 2.75) is 32.4 Å². The van der Waals surface area contributed by atoms with E-state index in [4.69, 9.17) is 9.47 Å². The highest BCUT2D eigenvalue weighted by Crippen LogP contribution is 2.31. The van der Waals surface area contributed by atoms with Crippen LogP contribution in [-0.2, 0) is 11.3 Å². The Morgan fingerprint density at radius 1 is 1.10 bits per heavy atom. The molecule has 1 aliphatic rings. The molecule has 0 spiro atoms. The Bertz CT molecular complexity index is 790. The molecule has 2 aromatic carbocycles. The highest BCUT2D eigenvalue weighted by atomic mass is 16.5. The summed E-state index contributed by atoms with van der Waals surface area (Å²) in [6.45, 7) is 5.65. The van der Waals surface area contributed by atoms with Gasteiger partial charge in [-0.15, -0.1) is 0 Å². The number of likely N-dealkylation sites (tertiary alicyclic amines) is 1. The van der Waals surface area contributed by atoms with E-state index < -0.39 is 0 Å². The lowest BCUT2D eigenvalue weighted by molar-refractivity contribution is 0.134. The fourth-order valence-corrected chi connectivity index (χ4v) is 3.77. The van der Waals surface area contributed by atoms with Gasteiger partial charge in [0, 0.05) is 30.0 Å². The SMILES string of the molecule is CCOCc1ccccc1NC(=O)NCC(c1ccccc1OC)N1CCCC1. The molecule has 1 unspecified atom stereocenters. The normalized spacial score (nSPS) is 15.1. The number of hydrogen-bond donors (Lipinski definition) is 2. The molecule has 6 heteroatoms. The van der Waals surface area contributed by atoms with Gasteiger partial charge in [-0.3, -0.25) is 4.90 Å². The molecular formula is C23H31N3O3. The van der Waals surface area contributed by atoms with Crippen molar-refractivity contribution in [2.75, 3.05) is 38.7 Å². The summed E-state index contributed by atoms with van der Waals surface area (Å²) in [6.07, 6.45) is 2.37. The van der Waals surface area contributed by atoms with E-state index in [0.717, 1.165) is 35.7 Å². The number of methoxy groups -OCH3 is 1. The predicted molar refractivity (Wildman–Crippen MR) is 115 cm³/mol. The first-order valence-corrected chi connectivity index (χ1v) is 10.3. The molecule has 6 nitrogen and oxygen atoms in total. The number of carbonyl (C=O) groups is 1. The summed E-state index contributed by atoms with van der Waals surface area (Å²) in [6, 6.07) is 15.6. The number of benzene rings is 2. The number of ether oxygens (including phenoxy) is 2. The molecule has 1 heterocycles. The first-order chi connectivity index (χ1) is 14.2. The molecule has 1 atom stereocenters. The predicted octanol–water partition coefficient (Wildman–Crippen LogP) is 4.19. The molecule has 1 saturated heterocycles. The largest absolute Gasteiger partial charge is 0.496 e. The summed E-state index contributed by atoms with van der Waals surface area (Å²) < 4.78 is 11.1. The minimum atomic E-state index is -0.215. The molecule has 1 fully saturated rings. The maximum Gasteiger partial charge on any atom is 0.319 e. The Kier molecular flexibility index (Phi) is 7.90. The number of rotatable bonds is 9. The van der Waals surface area contributed by atoms with Gasteiger partial charge in [0.15, 0.2) is 0 Å². The van der Waals surface area contributed by atoms with Gasteiger partial charge in [-0.05, 0) is 45.0 Å². The van der Waals surface area contributed by atoms with Gasteiger partial charge < -0.3 is 20.1 Å². The molecule has 0 aliphatic carbocycles. The zero-order valence-electron chi connectivity index (χ0n) is 17.3. The maximum absolute atomic E-state index is 12.6. The van der Waals surface area contributed by atoms with Crippen LogP contribution in [0.15, 0.2) is 48.5 Å². The highest BCUT2D eigenvalue weighted by Gasteiger charge is 2.26. The van der Waals surface area contributed by atoms with E-state index in [1.54, 1.807) is 7.11 Å². The van der Waals surface area contributed by atoms with E-state index in [0.29, 0.717) is 19.8 Å². The second-order valence-corrected chi connectivity index (χ2v) is 7.13. The van der Waals surface area contributed by atoms with Crippen molar-refractivity contribution in [3.8, 4) is 5.75 Å². The van der Waals surface area contributed by atoms with Crippen LogP contribution in [0, 0.1) is 0 Å². The molecule has 156 valence electrons. The van der Waals surface area contributed by atoms with E-state index in [-0.39, 0.29) is 12.1 Å². The Balaban J connectivity index is 1.67. The topological polar surface area (TPSA) is 62.8 Å². The molecule has 29 heavy (non-hydrogen) atoms. The van der Waals surface area contributed by atoms with Crippen LogP contribution in [0.5, 0.6) is 5.75 Å². The third-order valence-electron chi connectivity index (χ3n) is 5.26. The van der Waals surface area contributed by atoms with E-state index >= 15 is 0 Å². The summed E-state index contributed by atoms with van der Waals surface area (Å²) in [5.74, 6) is 0.855. The van der Waals surface area contributed by atoms with Crippen molar-refractivity contribution in [3.63, 3.8) is 0 Å². The third-order valence-corrected chi connectivity index (χ3v) is 5.26. The number of amides is 2. The van der Waals surface area contributed by atoms with E-state index in [9.17, 15) is 4.79 Å². The van der Waals surface area contributed by atoms with Crippen molar-refractivity contribution in [1.82, 2.24) is 10.2 Å². The van der Waals surface area contributed by atoms with Gasteiger partial charge in [0.2, 0.25) is 0 Å². The van der Waals surface area contributed by atoms with Gasteiger partial charge in [-0.2, -0.15) is 0 Å². The quantitative estimate of drug-likeness (QED) is 0.666. The minimum Gasteiger partial charge on any atom is -0.496 e. The van der Waals surface area contributed by atoms with Crippen molar-refractivity contribution < 1.29 is 14.3 Å². The van der Waals surface area contributed by atoms with Crippen LogP contribution < -0.4 is 15.4 Å². The number of anilines is 1. The molecule has 0 aromatic heterocycles. The van der Waals surface area contributed by atoms with Gasteiger partial charge in [0.05, 0.1) is 19.8 Å². The van der Waals surface area contributed by atoms with Crippen LogP contribution >= 0.6 is 0 Å². The molecular weight excluding hydrogens is 366 g/mol. The lowest BCUT2D eigenvalue weighted by atomic mass is 10.0. The number of hydrogen-bond acceptors (Lipinski definition) is 4. The van der Waals surface area contributed by atoms with Gasteiger partial charge in [0.25, 0.3) is 0 Å². The maximum atomic E-state index is 12.6. The number of urea groups is 1. The highest BCUT2D eigenvalue weighted by molar-refractivity contribution is 5.90. The zero-order valence-corrected chi connectivity index (χ0v) is 17.3. The third kappa shape index (κ3) is 5.71. The molecule has 2 amide bonds. The van der Waals surface area contributed by atoms with Gasteiger partial charge in [0.1, 0.15) is 5.75 Å². The lowest BCUT2D eigenvalue weighted by Gasteiger charge is -2.29. The first kappa shape index (κ1) is 21.1. The first-order valence-electron chi connectivity index (χ1n) is 10.3. The fourth-order valence-electron chi connectivity index (χ4n) is 3.77. The van der Waals surface area contributed by atoms with Crippen molar-refractivity contribution in [1.29, 1.82) is 0 Å². The molecule has 2 aromatic rings. The molecule has 2 N–H and O–H groups in total. The van der Waals surface area contributed by atoms with Crippen molar-refractivity contribution >= 4 is 11.7 Å². The zero-order chi connectivity index (χ0) is 20.5. The average molecular weight is 398 g/mol. The van der Waals surface area contributed by atoms with E-state index in [1.807, 2.05) is 49.4 Å². The average Bonchev–Trinajstić information content (AvgIpc) is 3.28. The van der Waals surface area contributed by atoms with Crippen LogP contribution in [0.2, 0.25) is 0 Å². The number of nitrogens with one attached hydrogen (secondary N) is 2. The Labute approximate surface area is 173 Å². The summed E-state index contributed by atoms with van der Waals surface area (Å²) >= 11 is 0. The van der Waals surface area contributed by atoms with Crippen LogP contribution in [0.4, 0.5) is 10.5 Å². The van der Waals surface area contributed by atoms with Crippen LogP contribution in [-0.4, -0.2) is 44.3 Å². The smallest absolute Gasteiger partial charge is 0.319 e. The minimum absolute atomic E-state index is 0.0815. The van der Waals surface area contributed by atoms with E-state index in [2.05, 4.69) is 21.6 Å². The van der Waals surface area contributed by atoms with Crippen molar-refractivity contribution in [2.24, 2.45) is 0 Å². The number of para-hydroxylation sites is 2. The number of carbonyl (C=O) groups excluding carboxylic acids is 1. The molecule has 1 aliphatic heterocycles. The van der Waals surface area contributed by atoms with Crippen LogP contribution in [0.1, 0.15) is 36.9 Å². The molecule has 0 bridgehead atoms. The lowest BCUT2D eigenvalue weighted by Crippen LogP contribution is -2.38. The summed E-state index contributed by atoms with van der Waals surface area (Å²) in [5, 5.41) is 6.02. The standard InChI is InChI=1S/C23H31N3O3/c1-3-29-17-18-10-4-6-12-20(18)25-23(27)24-16-21(26-14-8-9-15-26)19-11-5-7-13-22(19)28-2/h4-7,10-13,21H,3,8-9,14-17H2,1-2H3,(H2,24,25,27). The molecule has 3 rings (SSSR count). The van der Waals surface area contributed by atoms with Gasteiger partial charge in [-0.1, -0.05) is 36.4 Å². The van der Waals surface area contributed by atoms with Crippen LogP contribution in [0.25, 0.3) is 0 Å². The van der Waals surface area contributed by atoms with Crippen LogP contribution in [0.3, 0.4) is 0 Å². The fraction of sp³-hybridized carbons (Fsp3) is 0.435. The molecule has 0 radical (unpaired) electrons. The van der Waals surface area contributed by atoms with E-state index in [1.165, 1.54) is 12.8 Å². The second-order valence-electron chi connectivity index (χ2n) is 7.13. The summed E-state index contributed by atoms with van der Waals surface area (Å²) in [5.41, 5.74) is 2.84. The van der Waals surface area contributed by atoms with Gasteiger partial charge in [-0.25, -0.2) is 4.79 Å². The Morgan fingerprint density at radius 2 is 1.83 bits per heavy atom.